The summed E-state index contributed by atoms with van der Waals surface area (Å²) in [6, 6.07) is 0. The van der Waals surface area contributed by atoms with Gasteiger partial charge < -0.3 is 10.6 Å². The lowest BCUT2D eigenvalue weighted by atomic mass is 10.3. The van der Waals surface area contributed by atoms with Gasteiger partial charge >= 0.3 is 0 Å². The van der Waals surface area contributed by atoms with Crippen molar-refractivity contribution in [1.82, 2.24) is 15.3 Å². The maximum atomic E-state index is 12.0. The highest BCUT2D eigenvalue weighted by atomic mass is 35.5. The van der Waals surface area contributed by atoms with E-state index in [4.69, 9.17) is 11.6 Å². The van der Waals surface area contributed by atoms with Gasteiger partial charge in [0.2, 0.25) is 0 Å². The molecule has 96 valence electrons. The molecule has 0 aromatic carbocycles. The normalized spacial score (nSPS) is 10.6. The van der Waals surface area contributed by atoms with Crippen LogP contribution in [0.3, 0.4) is 0 Å². The van der Waals surface area contributed by atoms with E-state index in [9.17, 15) is 4.79 Å². The third-order valence-corrected chi connectivity index (χ3v) is 3.62. The molecule has 5 nitrogen and oxygen atoms in total. The van der Waals surface area contributed by atoms with Crippen molar-refractivity contribution in [3.05, 3.63) is 16.2 Å². The fourth-order valence-corrected chi connectivity index (χ4v) is 2.80. The van der Waals surface area contributed by atoms with Crippen molar-refractivity contribution in [2.24, 2.45) is 0 Å². The standard InChI is InChI=1S/C11H13ClN4OS/c1-3-4-14-10(17)9-7(13-2)8-11(18-9)16-6(12)5-15-8/h5,13H,3-4H2,1-2H3,(H,14,17). The van der Waals surface area contributed by atoms with E-state index in [1.807, 2.05) is 6.92 Å². The molecule has 0 saturated heterocycles. The van der Waals surface area contributed by atoms with E-state index in [0.717, 1.165) is 6.42 Å². The molecule has 0 unspecified atom stereocenters. The minimum absolute atomic E-state index is 0.109. The first-order valence-corrected chi connectivity index (χ1v) is 6.77. The number of nitrogens with zero attached hydrogens (tertiary/aromatic N) is 2. The van der Waals surface area contributed by atoms with E-state index in [2.05, 4.69) is 20.6 Å². The van der Waals surface area contributed by atoms with Crippen LogP contribution in [0.25, 0.3) is 10.3 Å². The zero-order valence-corrected chi connectivity index (χ0v) is 11.7. The summed E-state index contributed by atoms with van der Waals surface area (Å²) in [5.74, 6) is -0.109. The molecule has 18 heavy (non-hydrogen) atoms. The molecule has 2 aromatic heterocycles. The predicted molar refractivity (Wildman–Crippen MR) is 74.6 cm³/mol. The van der Waals surface area contributed by atoms with E-state index in [1.165, 1.54) is 17.5 Å². The lowest BCUT2D eigenvalue weighted by Gasteiger charge is -2.03. The summed E-state index contributed by atoms with van der Waals surface area (Å²) in [5, 5.41) is 6.17. The van der Waals surface area contributed by atoms with Crippen molar-refractivity contribution in [2.75, 3.05) is 18.9 Å². The van der Waals surface area contributed by atoms with E-state index in [0.29, 0.717) is 32.6 Å². The van der Waals surface area contributed by atoms with E-state index >= 15 is 0 Å². The third-order valence-electron chi connectivity index (χ3n) is 2.37. The molecule has 0 bridgehead atoms. The Labute approximate surface area is 114 Å². The lowest BCUT2D eigenvalue weighted by Crippen LogP contribution is -2.23. The van der Waals surface area contributed by atoms with Crippen molar-refractivity contribution >= 4 is 44.9 Å². The molecule has 7 heteroatoms. The van der Waals surface area contributed by atoms with E-state index in [-0.39, 0.29) is 5.91 Å². The summed E-state index contributed by atoms with van der Waals surface area (Å²) in [4.78, 5) is 21.6. The number of halogens is 1. The number of carbonyl (C=O) groups excluding carboxylic acids is 1. The second kappa shape index (κ2) is 5.49. The molecule has 2 N–H and O–H groups in total. The van der Waals surface area contributed by atoms with Crippen LogP contribution in [-0.4, -0.2) is 29.5 Å². The minimum Gasteiger partial charge on any atom is -0.385 e. The first kappa shape index (κ1) is 13.0. The molecular formula is C11H13ClN4OS. The van der Waals surface area contributed by atoms with Crippen molar-refractivity contribution in [1.29, 1.82) is 0 Å². The van der Waals surface area contributed by atoms with Crippen molar-refractivity contribution in [3.8, 4) is 0 Å². The number of anilines is 1. The number of nitrogens with one attached hydrogen (secondary N) is 2. The number of amides is 1. The SMILES string of the molecule is CCCNC(=O)c1sc2nc(Cl)cnc2c1NC. The van der Waals surface area contributed by atoms with Crippen LogP contribution in [0.15, 0.2) is 6.20 Å². The Balaban J connectivity index is 2.46. The van der Waals surface area contributed by atoms with Gasteiger partial charge in [-0.05, 0) is 6.42 Å². The van der Waals surface area contributed by atoms with Gasteiger partial charge in [0.15, 0.2) is 0 Å². The molecule has 2 rings (SSSR count). The van der Waals surface area contributed by atoms with Crippen LogP contribution < -0.4 is 10.6 Å². The highest BCUT2D eigenvalue weighted by molar-refractivity contribution is 7.21. The first-order valence-electron chi connectivity index (χ1n) is 5.58. The van der Waals surface area contributed by atoms with Crippen LogP contribution in [0.2, 0.25) is 5.15 Å². The largest absolute Gasteiger partial charge is 0.385 e. The summed E-state index contributed by atoms with van der Waals surface area (Å²) >= 11 is 7.09. The van der Waals surface area contributed by atoms with Gasteiger partial charge in [0.25, 0.3) is 5.91 Å². The lowest BCUT2D eigenvalue weighted by molar-refractivity contribution is 0.0958. The Morgan fingerprint density at radius 3 is 3.00 bits per heavy atom. The Morgan fingerprint density at radius 1 is 1.56 bits per heavy atom. The summed E-state index contributed by atoms with van der Waals surface area (Å²) in [7, 11) is 1.76. The van der Waals surface area contributed by atoms with Gasteiger partial charge in [0, 0.05) is 13.6 Å². The van der Waals surface area contributed by atoms with Gasteiger partial charge in [-0.3, -0.25) is 4.79 Å². The molecule has 0 aliphatic rings. The first-order chi connectivity index (χ1) is 8.67. The number of aromatic nitrogens is 2. The fourth-order valence-electron chi connectivity index (χ4n) is 1.56. The van der Waals surface area contributed by atoms with Crippen LogP contribution in [0.5, 0.6) is 0 Å². The van der Waals surface area contributed by atoms with Gasteiger partial charge in [-0.25, -0.2) is 9.97 Å². The molecule has 0 spiro atoms. The average molecular weight is 285 g/mol. The topological polar surface area (TPSA) is 66.9 Å². The van der Waals surface area contributed by atoms with Crippen LogP contribution in [0, 0.1) is 0 Å². The molecule has 2 heterocycles. The number of hydrogen-bond acceptors (Lipinski definition) is 5. The molecule has 0 radical (unpaired) electrons. The zero-order chi connectivity index (χ0) is 13.1. The molecule has 1 amide bonds. The fraction of sp³-hybridized carbons (Fsp3) is 0.364. The van der Waals surface area contributed by atoms with Crippen LogP contribution in [0.1, 0.15) is 23.0 Å². The van der Waals surface area contributed by atoms with Crippen LogP contribution >= 0.6 is 22.9 Å². The molecule has 0 aliphatic carbocycles. The Morgan fingerprint density at radius 2 is 2.33 bits per heavy atom. The van der Waals surface area contributed by atoms with E-state index in [1.54, 1.807) is 7.05 Å². The highest BCUT2D eigenvalue weighted by Gasteiger charge is 2.19. The van der Waals surface area contributed by atoms with Gasteiger partial charge in [0.05, 0.1) is 11.9 Å². The third kappa shape index (κ3) is 2.39. The molecule has 0 fully saturated rings. The number of fused-ring (bicyclic) bond motifs is 1. The molecule has 0 atom stereocenters. The van der Waals surface area contributed by atoms with Crippen molar-refractivity contribution in [3.63, 3.8) is 0 Å². The van der Waals surface area contributed by atoms with Gasteiger partial charge in [0.1, 0.15) is 20.4 Å². The summed E-state index contributed by atoms with van der Waals surface area (Å²) in [6.45, 7) is 2.66. The smallest absolute Gasteiger partial charge is 0.263 e. The zero-order valence-electron chi connectivity index (χ0n) is 10.1. The van der Waals surface area contributed by atoms with Crippen LogP contribution in [-0.2, 0) is 0 Å². The maximum absolute atomic E-state index is 12.0. The monoisotopic (exact) mass is 284 g/mol. The highest BCUT2D eigenvalue weighted by Crippen LogP contribution is 2.33. The molecular weight excluding hydrogens is 272 g/mol. The second-order valence-electron chi connectivity index (χ2n) is 3.66. The van der Waals surface area contributed by atoms with Crippen LogP contribution in [0.4, 0.5) is 5.69 Å². The second-order valence-corrected chi connectivity index (χ2v) is 5.04. The van der Waals surface area contributed by atoms with Gasteiger partial charge in [-0.2, -0.15) is 0 Å². The quantitative estimate of drug-likeness (QED) is 0.905. The minimum atomic E-state index is -0.109. The number of rotatable bonds is 4. The molecule has 2 aromatic rings. The van der Waals surface area contributed by atoms with Gasteiger partial charge in [-0.15, -0.1) is 11.3 Å². The predicted octanol–water partition coefficient (Wildman–Crippen LogP) is 2.53. The number of thiophene rings is 1. The number of carbonyl (C=O) groups is 1. The van der Waals surface area contributed by atoms with Crippen molar-refractivity contribution in [2.45, 2.75) is 13.3 Å². The molecule has 0 aliphatic heterocycles. The molecule has 0 saturated carbocycles. The van der Waals surface area contributed by atoms with Gasteiger partial charge in [-0.1, -0.05) is 18.5 Å². The Hall–Kier alpha value is -1.40. The summed E-state index contributed by atoms with van der Waals surface area (Å²) in [5.41, 5.74) is 1.38. The summed E-state index contributed by atoms with van der Waals surface area (Å²) < 4.78 is 0. The number of hydrogen-bond donors (Lipinski definition) is 2. The Bertz CT molecular complexity index is 584. The van der Waals surface area contributed by atoms with E-state index < -0.39 is 0 Å². The Kier molecular flexibility index (Phi) is 3.98. The summed E-state index contributed by atoms with van der Waals surface area (Å²) in [6.07, 6.45) is 2.37. The maximum Gasteiger partial charge on any atom is 0.263 e. The average Bonchev–Trinajstić information content (AvgIpc) is 2.73. The van der Waals surface area contributed by atoms with Crippen molar-refractivity contribution < 1.29 is 4.79 Å².